The first kappa shape index (κ1) is 26.5. The first-order valence-corrected chi connectivity index (χ1v) is 13.3. The van der Waals surface area contributed by atoms with Crippen LogP contribution in [0.3, 0.4) is 0 Å². The van der Waals surface area contributed by atoms with Gasteiger partial charge in [-0.15, -0.1) is 0 Å². The molecule has 0 radical (unpaired) electrons. The summed E-state index contributed by atoms with van der Waals surface area (Å²) in [4.78, 5) is 41.5. The molecule has 1 fully saturated rings. The minimum atomic E-state index is -0.344. The zero-order valence-electron chi connectivity index (χ0n) is 22.7. The first-order chi connectivity index (χ1) is 18.9. The van der Waals surface area contributed by atoms with E-state index in [2.05, 4.69) is 28.0 Å². The van der Waals surface area contributed by atoms with E-state index in [1.807, 2.05) is 24.3 Å². The number of ether oxygens (including phenoxy) is 2. The van der Waals surface area contributed by atoms with Crippen molar-refractivity contribution in [2.45, 2.75) is 20.0 Å². The molecule has 3 aromatic rings. The molecule has 0 saturated carbocycles. The van der Waals surface area contributed by atoms with Crippen LogP contribution in [0.5, 0.6) is 5.75 Å². The zero-order valence-corrected chi connectivity index (χ0v) is 22.7. The van der Waals surface area contributed by atoms with Crippen molar-refractivity contribution in [3.05, 3.63) is 97.7 Å². The minimum absolute atomic E-state index is 0.291. The number of benzene rings is 2. The number of carbonyl (C=O) groups excluding carboxylic acids is 1. The predicted octanol–water partition coefficient (Wildman–Crippen LogP) is 2.80. The molecule has 0 bridgehead atoms. The van der Waals surface area contributed by atoms with Gasteiger partial charge in [0.15, 0.2) is 0 Å². The summed E-state index contributed by atoms with van der Waals surface area (Å²) in [5, 5.41) is 0. The SMILES string of the molecule is CCOC(=O)c1ccc2c(c1)C(=CCCN1CCN(c3cc(=O)n(C)c(=O)n3C)CC1)c1ccccc1CO2. The first-order valence-electron chi connectivity index (χ1n) is 13.3. The van der Waals surface area contributed by atoms with Crippen molar-refractivity contribution in [2.24, 2.45) is 14.1 Å². The van der Waals surface area contributed by atoms with Crippen LogP contribution >= 0.6 is 0 Å². The molecule has 2 aliphatic heterocycles. The number of hydrogen-bond donors (Lipinski definition) is 0. The highest BCUT2D eigenvalue weighted by atomic mass is 16.5. The molecule has 2 aliphatic rings. The number of hydrogen-bond acceptors (Lipinski definition) is 7. The highest BCUT2D eigenvalue weighted by Crippen LogP contribution is 2.37. The monoisotopic (exact) mass is 530 g/mol. The number of carbonyl (C=O) groups is 1. The maximum Gasteiger partial charge on any atom is 0.338 e. The standard InChI is InChI=1S/C30H34N4O5/c1-4-38-29(36)21-11-12-26-25(18-21)24(23-9-6-5-8-22(23)20-39-26)10-7-13-33-14-16-34(17-15-33)27-19-28(35)32(3)30(37)31(27)2/h5-6,8-12,18-19H,4,7,13-17,20H2,1-3H3. The maximum absolute atomic E-state index is 12.5. The molecular formula is C30H34N4O5. The van der Waals surface area contributed by atoms with Gasteiger partial charge in [0, 0.05) is 58.4 Å². The van der Waals surface area contributed by atoms with Gasteiger partial charge in [-0.3, -0.25) is 18.8 Å². The van der Waals surface area contributed by atoms with Gasteiger partial charge in [-0.2, -0.15) is 0 Å². The number of piperazine rings is 1. The summed E-state index contributed by atoms with van der Waals surface area (Å²) in [7, 11) is 3.20. The van der Waals surface area contributed by atoms with Crippen LogP contribution in [0.4, 0.5) is 5.82 Å². The maximum atomic E-state index is 12.5. The lowest BCUT2D eigenvalue weighted by Crippen LogP contribution is -2.49. The van der Waals surface area contributed by atoms with Crippen LogP contribution in [-0.2, 0) is 25.4 Å². The molecule has 39 heavy (non-hydrogen) atoms. The van der Waals surface area contributed by atoms with Crippen LogP contribution in [0.2, 0.25) is 0 Å². The van der Waals surface area contributed by atoms with E-state index in [1.165, 1.54) is 17.7 Å². The molecule has 0 atom stereocenters. The zero-order chi connectivity index (χ0) is 27.5. The summed E-state index contributed by atoms with van der Waals surface area (Å²) in [6, 6.07) is 15.2. The van der Waals surface area contributed by atoms with Crippen molar-refractivity contribution >= 4 is 17.4 Å². The summed E-state index contributed by atoms with van der Waals surface area (Å²) in [6.45, 7) is 6.58. The lowest BCUT2D eigenvalue weighted by atomic mass is 9.92. The Hall–Kier alpha value is -4.11. The van der Waals surface area contributed by atoms with Crippen molar-refractivity contribution in [1.29, 1.82) is 0 Å². The quantitative estimate of drug-likeness (QED) is 0.453. The Bertz CT molecular complexity index is 1530. The minimum Gasteiger partial charge on any atom is -0.488 e. The van der Waals surface area contributed by atoms with Crippen LogP contribution in [0.1, 0.15) is 40.4 Å². The number of aromatic nitrogens is 2. The van der Waals surface area contributed by atoms with E-state index < -0.39 is 0 Å². The van der Waals surface area contributed by atoms with Crippen LogP contribution in [-0.4, -0.2) is 59.3 Å². The summed E-state index contributed by atoms with van der Waals surface area (Å²) >= 11 is 0. The van der Waals surface area contributed by atoms with Gasteiger partial charge in [-0.05, 0) is 48.2 Å². The molecule has 2 aromatic carbocycles. The second-order valence-electron chi connectivity index (χ2n) is 9.85. The molecule has 0 N–H and O–H groups in total. The fourth-order valence-corrected chi connectivity index (χ4v) is 5.25. The smallest absolute Gasteiger partial charge is 0.338 e. The number of rotatable bonds is 6. The normalized spacial score (nSPS) is 16.3. The fourth-order valence-electron chi connectivity index (χ4n) is 5.25. The van der Waals surface area contributed by atoms with Gasteiger partial charge < -0.3 is 14.4 Å². The second-order valence-corrected chi connectivity index (χ2v) is 9.85. The summed E-state index contributed by atoms with van der Waals surface area (Å²) in [5.74, 6) is 1.07. The van der Waals surface area contributed by atoms with Gasteiger partial charge in [0.2, 0.25) is 0 Å². The van der Waals surface area contributed by atoms with Crippen molar-refractivity contribution in [2.75, 3.05) is 44.2 Å². The second kappa shape index (κ2) is 11.3. The van der Waals surface area contributed by atoms with E-state index in [0.29, 0.717) is 24.6 Å². The van der Waals surface area contributed by atoms with Gasteiger partial charge in [0.25, 0.3) is 5.56 Å². The summed E-state index contributed by atoms with van der Waals surface area (Å²) in [5.41, 5.74) is 4.05. The largest absolute Gasteiger partial charge is 0.488 e. The van der Waals surface area contributed by atoms with Gasteiger partial charge >= 0.3 is 11.7 Å². The highest BCUT2D eigenvalue weighted by molar-refractivity contribution is 5.93. The predicted molar refractivity (Wildman–Crippen MR) is 150 cm³/mol. The topological polar surface area (TPSA) is 86.0 Å². The van der Waals surface area contributed by atoms with Crippen molar-refractivity contribution in [3.63, 3.8) is 0 Å². The van der Waals surface area contributed by atoms with Crippen molar-refractivity contribution in [1.82, 2.24) is 14.0 Å². The van der Waals surface area contributed by atoms with E-state index in [-0.39, 0.29) is 17.2 Å². The van der Waals surface area contributed by atoms with Gasteiger partial charge in [0.1, 0.15) is 18.2 Å². The molecule has 1 aromatic heterocycles. The molecular weight excluding hydrogens is 496 g/mol. The average molecular weight is 531 g/mol. The van der Waals surface area contributed by atoms with Crippen LogP contribution in [0.15, 0.2) is 64.2 Å². The molecule has 0 unspecified atom stereocenters. The Morgan fingerprint density at radius 1 is 0.974 bits per heavy atom. The van der Waals surface area contributed by atoms with Gasteiger partial charge in [0.05, 0.1) is 12.2 Å². The number of esters is 1. The molecule has 9 nitrogen and oxygen atoms in total. The third-order valence-electron chi connectivity index (χ3n) is 7.46. The summed E-state index contributed by atoms with van der Waals surface area (Å²) < 4.78 is 14.0. The van der Waals surface area contributed by atoms with Crippen molar-refractivity contribution in [3.8, 4) is 5.75 Å². The third kappa shape index (κ3) is 5.40. The molecule has 3 heterocycles. The van der Waals surface area contributed by atoms with E-state index >= 15 is 0 Å². The van der Waals surface area contributed by atoms with Crippen LogP contribution < -0.4 is 20.9 Å². The number of anilines is 1. The highest BCUT2D eigenvalue weighted by Gasteiger charge is 2.23. The molecule has 1 saturated heterocycles. The van der Waals surface area contributed by atoms with Crippen molar-refractivity contribution < 1.29 is 14.3 Å². The number of nitrogens with zero attached hydrogens (tertiary/aromatic N) is 4. The molecule has 0 spiro atoms. The Balaban J connectivity index is 1.33. The Morgan fingerprint density at radius 3 is 2.51 bits per heavy atom. The molecule has 0 amide bonds. The molecule has 5 rings (SSSR count). The van der Waals surface area contributed by atoms with Crippen LogP contribution in [0.25, 0.3) is 5.57 Å². The lowest BCUT2D eigenvalue weighted by Gasteiger charge is -2.36. The lowest BCUT2D eigenvalue weighted by molar-refractivity contribution is 0.0526. The van der Waals surface area contributed by atoms with E-state index in [4.69, 9.17) is 9.47 Å². The van der Waals surface area contributed by atoms with E-state index in [0.717, 1.165) is 71.7 Å². The molecule has 0 aliphatic carbocycles. The summed E-state index contributed by atoms with van der Waals surface area (Å²) in [6.07, 6.45) is 3.05. The molecule has 9 heteroatoms. The third-order valence-corrected chi connectivity index (χ3v) is 7.46. The van der Waals surface area contributed by atoms with Crippen LogP contribution in [0, 0.1) is 0 Å². The van der Waals surface area contributed by atoms with Gasteiger partial charge in [-0.25, -0.2) is 9.59 Å². The Morgan fingerprint density at radius 2 is 1.74 bits per heavy atom. The van der Waals surface area contributed by atoms with E-state index in [9.17, 15) is 14.4 Å². The van der Waals surface area contributed by atoms with Gasteiger partial charge in [-0.1, -0.05) is 30.3 Å². The number of fused-ring (bicyclic) bond motifs is 2. The Labute approximate surface area is 227 Å². The van der Waals surface area contributed by atoms with E-state index in [1.54, 1.807) is 20.0 Å². The average Bonchev–Trinajstić information content (AvgIpc) is 3.11. The Kier molecular flexibility index (Phi) is 7.70. The fraction of sp³-hybridized carbons (Fsp3) is 0.367. The molecule has 204 valence electrons.